The number of carbonyl (C=O) groups is 1. The summed E-state index contributed by atoms with van der Waals surface area (Å²) in [5.41, 5.74) is 9.18. The van der Waals surface area contributed by atoms with Crippen LogP contribution >= 0.6 is 0 Å². The van der Waals surface area contributed by atoms with Crippen LogP contribution in [-0.4, -0.2) is 41.7 Å². The molecule has 0 saturated carbocycles. The van der Waals surface area contributed by atoms with Gasteiger partial charge in [-0.15, -0.1) is 0 Å². The molecule has 0 radical (unpaired) electrons. The van der Waals surface area contributed by atoms with Gasteiger partial charge < -0.3 is 21.5 Å². The van der Waals surface area contributed by atoms with Crippen LogP contribution in [0.25, 0.3) is 5.70 Å². The molecule has 1 saturated heterocycles. The molecule has 0 bridgehead atoms. The van der Waals surface area contributed by atoms with Gasteiger partial charge in [0.15, 0.2) is 0 Å². The second-order valence-electron chi connectivity index (χ2n) is 7.50. The van der Waals surface area contributed by atoms with Gasteiger partial charge in [-0.3, -0.25) is 9.69 Å². The summed E-state index contributed by atoms with van der Waals surface area (Å²) in [6.45, 7) is 1.89. The third-order valence-corrected chi connectivity index (χ3v) is 4.94. The average Bonchev–Trinajstić information content (AvgIpc) is 3.15. The van der Waals surface area contributed by atoms with Crippen molar-refractivity contribution in [2.24, 2.45) is 5.73 Å². The summed E-state index contributed by atoms with van der Waals surface area (Å²) in [6.07, 6.45) is 2.10. The Bertz CT molecular complexity index is 872. The summed E-state index contributed by atoms with van der Waals surface area (Å²) in [5.74, 6) is -1.20. The Hall–Kier alpha value is -2.90. The van der Waals surface area contributed by atoms with E-state index in [2.05, 4.69) is 27.7 Å². The zero-order chi connectivity index (χ0) is 20.8. The zero-order valence-corrected chi connectivity index (χ0v) is 16.4. The van der Waals surface area contributed by atoms with Gasteiger partial charge in [-0.2, -0.15) is 0 Å². The molecular formula is C22H27FN4O2. The maximum atomic E-state index is 14.1. The van der Waals surface area contributed by atoms with Gasteiger partial charge in [0.25, 0.3) is 0 Å². The molecule has 6 nitrogen and oxygen atoms in total. The van der Waals surface area contributed by atoms with Gasteiger partial charge >= 0.3 is 5.97 Å². The van der Waals surface area contributed by atoms with Crippen LogP contribution in [0.3, 0.4) is 0 Å². The maximum absolute atomic E-state index is 14.1. The first-order valence-corrected chi connectivity index (χ1v) is 9.61. The smallest absolute Gasteiger partial charge is 0.320 e. The van der Waals surface area contributed by atoms with Gasteiger partial charge in [0, 0.05) is 37.4 Å². The van der Waals surface area contributed by atoms with E-state index in [0.717, 1.165) is 12.1 Å². The second-order valence-corrected chi connectivity index (χ2v) is 7.50. The molecule has 29 heavy (non-hydrogen) atoms. The lowest BCUT2D eigenvalue weighted by Gasteiger charge is -2.18. The number of aliphatic carboxylic acids is 1. The largest absolute Gasteiger partial charge is 0.480 e. The molecule has 2 unspecified atom stereocenters. The van der Waals surface area contributed by atoms with Crippen LogP contribution in [0, 0.1) is 5.82 Å². The minimum atomic E-state index is -0.861. The fraction of sp³-hybridized carbons (Fsp3) is 0.318. The summed E-state index contributed by atoms with van der Waals surface area (Å²) in [4.78, 5) is 13.1. The molecule has 2 atom stereocenters. The van der Waals surface area contributed by atoms with E-state index in [1.165, 1.54) is 17.7 Å². The molecule has 1 aliphatic rings. The molecule has 7 heteroatoms. The maximum Gasteiger partial charge on any atom is 0.320 e. The SMILES string of the molecule is CN(Cc1ccccc1)Cc1cc(F)cc(/C(N)=C/NC2CNC(C(=O)O)C2)c1. The van der Waals surface area contributed by atoms with Crippen LogP contribution < -0.4 is 16.4 Å². The number of rotatable bonds is 8. The summed E-state index contributed by atoms with van der Waals surface area (Å²) in [5, 5.41) is 15.1. The highest BCUT2D eigenvalue weighted by molar-refractivity contribution is 5.74. The molecule has 2 aromatic rings. The van der Waals surface area contributed by atoms with Crippen molar-refractivity contribution in [2.45, 2.75) is 31.6 Å². The molecule has 1 aliphatic heterocycles. The fourth-order valence-corrected chi connectivity index (χ4v) is 3.51. The van der Waals surface area contributed by atoms with Crippen molar-refractivity contribution >= 4 is 11.7 Å². The summed E-state index contributed by atoms with van der Waals surface area (Å²) < 4.78 is 14.1. The second kappa shape index (κ2) is 9.54. The number of nitrogens with one attached hydrogen (secondary N) is 2. The third-order valence-electron chi connectivity index (χ3n) is 4.94. The van der Waals surface area contributed by atoms with Crippen molar-refractivity contribution in [1.29, 1.82) is 0 Å². The number of hydrogen-bond donors (Lipinski definition) is 4. The van der Waals surface area contributed by atoms with Crippen molar-refractivity contribution in [3.8, 4) is 0 Å². The Labute approximate surface area is 170 Å². The number of carboxylic acid groups (broad SMARTS) is 1. The molecule has 0 aromatic heterocycles. The highest BCUT2D eigenvalue weighted by Crippen LogP contribution is 2.17. The fourth-order valence-electron chi connectivity index (χ4n) is 3.51. The lowest BCUT2D eigenvalue weighted by Crippen LogP contribution is -2.30. The average molecular weight is 398 g/mol. The summed E-state index contributed by atoms with van der Waals surface area (Å²) in [6, 6.07) is 14.3. The van der Waals surface area contributed by atoms with Crippen LogP contribution in [0.4, 0.5) is 4.39 Å². The highest BCUT2D eigenvalue weighted by Gasteiger charge is 2.28. The molecule has 1 fully saturated rings. The molecule has 0 amide bonds. The molecule has 0 aliphatic carbocycles. The van der Waals surface area contributed by atoms with Crippen LogP contribution in [0.5, 0.6) is 0 Å². The van der Waals surface area contributed by atoms with E-state index < -0.39 is 12.0 Å². The van der Waals surface area contributed by atoms with Gasteiger partial charge in [-0.1, -0.05) is 30.3 Å². The van der Waals surface area contributed by atoms with Crippen LogP contribution in [-0.2, 0) is 17.9 Å². The predicted octanol–water partition coefficient (Wildman–Crippen LogP) is 2.12. The normalized spacial score (nSPS) is 19.5. The van der Waals surface area contributed by atoms with Gasteiger partial charge in [-0.25, -0.2) is 4.39 Å². The third kappa shape index (κ3) is 6.04. The Morgan fingerprint density at radius 3 is 2.69 bits per heavy atom. The van der Waals surface area contributed by atoms with E-state index in [1.54, 1.807) is 6.20 Å². The predicted molar refractivity (Wildman–Crippen MR) is 111 cm³/mol. The molecule has 0 spiro atoms. The zero-order valence-electron chi connectivity index (χ0n) is 16.4. The topological polar surface area (TPSA) is 90.6 Å². The molecule has 3 rings (SSSR count). The Kier molecular flexibility index (Phi) is 6.85. The first-order valence-electron chi connectivity index (χ1n) is 9.61. The van der Waals surface area contributed by atoms with Gasteiger partial charge in [0.05, 0.1) is 5.70 Å². The van der Waals surface area contributed by atoms with Crippen LogP contribution in [0.1, 0.15) is 23.1 Å². The summed E-state index contributed by atoms with van der Waals surface area (Å²) in [7, 11) is 1.99. The Morgan fingerprint density at radius 2 is 2.00 bits per heavy atom. The highest BCUT2D eigenvalue weighted by atomic mass is 19.1. The molecule has 154 valence electrons. The molecular weight excluding hydrogens is 371 g/mol. The minimum Gasteiger partial charge on any atom is -0.480 e. The quantitative estimate of drug-likeness (QED) is 0.545. The number of carboxylic acids is 1. The van der Waals surface area contributed by atoms with Crippen molar-refractivity contribution in [2.75, 3.05) is 13.6 Å². The van der Waals surface area contributed by atoms with Crippen molar-refractivity contribution in [3.05, 3.63) is 77.2 Å². The van der Waals surface area contributed by atoms with Crippen LogP contribution in [0.15, 0.2) is 54.7 Å². The number of hydrogen-bond acceptors (Lipinski definition) is 5. The van der Waals surface area contributed by atoms with Gasteiger partial charge in [0.2, 0.25) is 0 Å². The monoisotopic (exact) mass is 398 g/mol. The first kappa shape index (κ1) is 20.8. The molecule has 1 heterocycles. The van der Waals surface area contributed by atoms with E-state index in [4.69, 9.17) is 10.8 Å². The minimum absolute atomic E-state index is 0.0281. The van der Waals surface area contributed by atoms with E-state index >= 15 is 0 Å². The van der Waals surface area contributed by atoms with Crippen molar-refractivity contribution in [3.63, 3.8) is 0 Å². The lowest BCUT2D eigenvalue weighted by molar-refractivity contribution is -0.139. The molecule has 2 aromatic carbocycles. The van der Waals surface area contributed by atoms with Crippen molar-refractivity contribution in [1.82, 2.24) is 15.5 Å². The number of halogens is 1. The van der Waals surface area contributed by atoms with E-state index in [9.17, 15) is 9.18 Å². The van der Waals surface area contributed by atoms with E-state index in [-0.39, 0.29) is 11.9 Å². The van der Waals surface area contributed by atoms with Crippen molar-refractivity contribution < 1.29 is 14.3 Å². The Morgan fingerprint density at radius 1 is 1.28 bits per heavy atom. The lowest BCUT2D eigenvalue weighted by atomic mass is 10.1. The molecule has 5 N–H and O–H groups in total. The van der Waals surface area contributed by atoms with E-state index in [1.807, 2.05) is 31.3 Å². The standard InChI is InChI=1S/C22H27FN4O2/c1-27(13-15-5-3-2-4-6-15)14-16-7-17(9-18(23)8-16)20(24)12-25-19-10-21(22(28)29)26-11-19/h2-9,12,19,21,25-26H,10-11,13-14,24H2,1H3,(H,28,29)/b20-12-. The van der Waals surface area contributed by atoms with Crippen LogP contribution in [0.2, 0.25) is 0 Å². The number of nitrogens with two attached hydrogens (primary N) is 1. The first-order chi connectivity index (χ1) is 13.9. The number of benzene rings is 2. The summed E-state index contributed by atoms with van der Waals surface area (Å²) >= 11 is 0. The van der Waals surface area contributed by atoms with E-state index in [0.29, 0.717) is 30.8 Å². The number of nitrogens with zero attached hydrogens (tertiary/aromatic N) is 1. The van der Waals surface area contributed by atoms with Gasteiger partial charge in [0.1, 0.15) is 11.9 Å². The Balaban J connectivity index is 1.62. The van der Waals surface area contributed by atoms with Gasteiger partial charge in [-0.05, 0) is 42.8 Å².